The fourth-order valence-electron chi connectivity index (χ4n) is 1.54. The van der Waals surface area contributed by atoms with Gasteiger partial charge in [-0.15, -0.1) is 0 Å². The van der Waals surface area contributed by atoms with Gasteiger partial charge in [-0.2, -0.15) is 0 Å². The molecule has 3 N–H and O–H groups in total. The molecule has 0 saturated heterocycles. The predicted molar refractivity (Wildman–Crippen MR) is 68.5 cm³/mol. The van der Waals surface area contributed by atoms with Gasteiger partial charge in [0.15, 0.2) is 5.78 Å². The van der Waals surface area contributed by atoms with Gasteiger partial charge in [0.25, 0.3) is 0 Å². The molecular weight excluding hydrogens is 268 g/mol. The number of benzene rings is 1. The third-order valence-corrected chi connectivity index (χ3v) is 3.40. The van der Waals surface area contributed by atoms with Gasteiger partial charge in [0.2, 0.25) is 0 Å². The van der Waals surface area contributed by atoms with E-state index >= 15 is 0 Å². The third kappa shape index (κ3) is 3.06. The van der Waals surface area contributed by atoms with Crippen LogP contribution in [0.3, 0.4) is 0 Å². The Hall–Kier alpha value is -0.870. The summed E-state index contributed by atoms with van der Waals surface area (Å²) in [5, 5.41) is 3.32. The number of Topliss-reactive ketones (excluding diaryl/α,β-unsaturated/α-hetero) is 1. The van der Waals surface area contributed by atoms with E-state index in [1.165, 1.54) is 12.8 Å². The monoisotopic (exact) mass is 282 g/mol. The molecular formula is C12H15BrN2O. The SMILES string of the molecule is Nc1cc(C(=O)CCNC2CC2)ccc1Br. The van der Waals surface area contributed by atoms with Crippen LogP contribution in [0.4, 0.5) is 5.69 Å². The van der Waals surface area contributed by atoms with Crippen LogP contribution in [-0.4, -0.2) is 18.4 Å². The zero-order valence-electron chi connectivity index (χ0n) is 9.00. The number of carbonyl (C=O) groups is 1. The molecule has 1 fully saturated rings. The van der Waals surface area contributed by atoms with Crippen molar-refractivity contribution in [3.8, 4) is 0 Å². The normalized spacial score (nSPS) is 15.1. The molecule has 86 valence electrons. The molecule has 0 radical (unpaired) electrons. The molecule has 1 aromatic carbocycles. The van der Waals surface area contributed by atoms with Crippen LogP contribution in [0.5, 0.6) is 0 Å². The second kappa shape index (κ2) is 4.97. The first-order chi connectivity index (χ1) is 7.66. The standard InChI is InChI=1S/C12H15BrN2O/c13-10-4-1-8(7-11(10)14)12(16)5-6-15-9-2-3-9/h1,4,7,9,15H,2-3,5-6,14H2. The van der Waals surface area contributed by atoms with E-state index in [-0.39, 0.29) is 5.78 Å². The summed E-state index contributed by atoms with van der Waals surface area (Å²) in [4.78, 5) is 11.8. The lowest BCUT2D eigenvalue weighted by molar-refractivity contribution is 0.0982. The van der Waals surface area contributed by atoms with Crippen LogP contribution >= 0.6 is 15.9 Å². The van der Waals surface area contributed by atoms with E-state index in [1.54, 1.807) is 12.1 Å². The topological polar surface area (TPSA) is 55.1 Å². The smallest absolute Gasteiger partial charge is 0.164 e. The van der Waals surface area contributed by atoms with Crippen LogP contribution < -0.4 is 11.1 Å². The molecule has 0 aromatic heterocycles. The van der Waals surface area contributed by atoms with Crippen LogP contribution in [0, 0.1) is 0 Å². The van der Waals surface area contributed by atoms with Crippen molar-refractivity contribution in [3.05, 3.63) is 28.2 Å². The summed E-state index contributed by atoms with van der Waals surface area (Å²) in [6, 6.07) is 6.00. The van der Waals surface area contributed by atoms with Gasteiger partial charge in [-0.3, -0.25) is 4.79 Å². The van der Waals surface area contributed by atoms with Crippen molar-refractivity contribution in [2.45, 2.75) is 25.3 Å². The highest BCUT2D eigenvalue weighted by molar-refractivity contribution is 9.10. The number of ketones is 1. The van der Waals surface area contributed by atoms with Crippen LogP contribution in [0.2, 0.25) is 0 Å². The molecule has 2 rings (SSSR count). The first-order valence-electron chi connectivity index (χ1n) is 5.48. The van der Waals surface area contributed by atoms with Crippen LogP contribution in [-0.2, 0) is 0 Å². The molecule has 0 atom stereocenters. The Labute approximate surface area is 104 Å². The van der Waals surface area contributed by atoms with Crippen molar-refractivity contribution in [2.75, 3.05) is 12.3 Å². The molecule has 0 spiro atoms. The number of hydrogen-bond donors (Lipinski definition) is 2. The number of nitrogen functional groups attached to an aromatic ring is 1. The summed E-state index contributed by atoms with van der Waals surface area (Å²) in [6.07, 6.45) is 3.04. The van der Waals surface area contributed by atoms with Gasteiger partial charge in [0, 0.05) is 34.7 Å². The lowest BCUT2D eigenvalue weighted by Gasteiger charge is -2.04. The highest BCUT2D eigenvalue weighted by Crippen LogP contribution is 2.21. The number of hydrogen-bond acceptors (Lipinski definition) is 3. The van der Waals surface area contributed by atoms with Crippen molar-refractivity contribution < 1.29 is 4.79 Å². The average Bonchev–Trinajstić information content (AvgIpc) is 3.06. The quantitative estimate of drug-likeness (QED) is 0.644. The summed E-state index contributed by atoms with van der Waals surface area (Å²) in [5.74, 6) is 0.146. The molecule has 3 nitrogen and oxygen atoms in total. The molecule has 1 aromatic rings. The lowest BCUT2D eigenvalue weighted by Crippen LogP contribution is -2.20. The number of rotatable bonds is 5. The van der Waals surface area contributed by atoms with Gasteiger partial charge in [0.1, 0.15) is 0 Å². The largest absolute Gasteiger partial charge is 0.398 e. The third-order valence-electron chi connectivity index (χ3n) is 2.68. The zero-order chi connectivity index (χ0) is 11.5. The predicted octanol–water partition coefficient (Wildman–Crippen LogP) is 2.36. The van der Waals surface area contributed by atoms with Crippen molar-refractivity contribution in [1.29, 1.82) is 0 Å². The Morgan fingerprint density at radius 1 is 1.50 bits per heavy atom. The van der Waals surface area contributed by atoms with E-state index in [1.807, 2.05) is 6.07 Å². The van der Waals surface area contributed by atoms with Crippen LogP contribution in [0.15, 0.2) is 22.7 Å². The second-order valence-corrected chi connectivity index (χ2v) is 4.99. The molecule has 0 aliphatic heterocycles. The van der Waals surface area contributed by atoms with Crippen molar-refractivity contribution >= 4 is 27.4 Å². The van der Waals surface area contributed by atoms with E-state index in [9.17, 15) is 4.79 Å². The minimum Gasteiger partial charge on any atom is -0.398 e. The molecule has 4 heteroatoms. The van der Waals surface area contributed by atoms with Gasteiger partial charge >= 0.3 is 0 Å². The molecule has 1 aliphatic rings. The maximum Gasteiger partial charge on any atom is 0.164 e. The van der Waals surface area contributed by atoms with E-state index < -0.39 is 0 Å². The number of halogens is 1. The van der Waals surface area contributed by atoms with Gasteiger partial charge in [-0.1, -0.05) is 6.07 Å². The maximum atomic E-state index is 11.8. The minimum absolute atomic E-state index is 0.146. The number of nitrogens with one attached hydrogen (secondary N) is 1. The molecule has 0 unspecified atom stereocenters. The van der Waals surface area contributed by atoms with Gasteiger partial charge in [-0.05, 0) is 40.9 Å². The summed E-state index contributed by atoms with van der Waals surface area (Å²) in [5.41, 5.74) is 7.04. The first kappa shape index (κ1) is 11.6. The zero-order valence-corrected chi connectivity index (χ0v) is 10.6. The fraction of sp³-hybridized carbons (Fsp3) is 0.417. The number of carbonyl (C=O) groups excluding carboxylic acids is 1. The lowest BCUT2D eigenvalue weighted by atomic mass is 10.1. The van der Waals surface area contributed by atoms with Crippen LogP contribution in [0.25, 0.3) is 0 Å². The van der Waals surface area contributed by atoms with E-state index in [4.69, 9.17) is 5.73 Å². The van der Waals surface area contributed by atoms with Crippen molar-refractivity contribution in [3.63, 3.8) is 0 Å². The molecule has 0 heterocycles. The first-order valence-corrected chi connectivity index (χ1v) is 6.28. The fourth-order valence-corrected chi connectivity index (χ4v) is 1.79. The number of nitrogens with two attached hydrogens (primary N) is 1. The van der Waals surface area contributed by atoms with Gasteiger partial charge < -0.3 is 11.1 Å². The maximum absolute atomic E-state index is 11.8. The Balaban J connectivity index is 1.88. The molecule has 0 amide bonds. The van der Waals surface area contributed by atoms with E-state index in [0.717, 1.165) is 11.0 Å². The Kier molecular flexibility index (Phi) is 3.61. The van der Waals surface area contributed by atoms with Crippen molar-refractivity contribution in [1.82, 2.24) is 5.32 Å². The average molecular weight is 283 g/mol. The highest BCUT2D eigenvalue weighted by atomic mass is 79.9. The Morgan fingerprint density at radius 3 is 2.88 bits per heavy atom. The van der Waals surface area contributed by atoms with Crippen LogP contribution in [0.1, 0.15) is 29.6 Å². The molecule has 1 aliphatic carbocycles. The van der Waals surface area contributed by atoms with Gasteiger partial charge in [-0.25, -0.2) is 0 Å². The molecule has 0 bridgehead atoms. The Bertz CT molecular complexity index is 402. The molecule has 16 heavy (non-hydrogen) atoms. The molecule has 1 saturated carbocycles. The Morgan fingerprint density at radius 2 is 2.25 bits per heavy atom. The minimum atomic E-state index is 0.146. The van der Waals surface area contributed by atoms with E-state index in [0.29, 0.717) is 23.7 Å². The summed E-state index contributed by atoms with van der Waals surface area (Å²) in [6.45, 7) is 0.763. The highest BCUT2D eigenvalue weighted by Gasteiger charge is 2.20. The van der Waals surface area contributed by atoms with E-state index in [2.05, 4.69) is 21.2 Å². The van der Waals surface area contributed by atoms with Crippen molar-refractivity contribution in [2.24, 2.45) is 0 Å². The van der Waals surface area contributed by atoms with Gasteiger partial charge in [0.05, 0.1) is 0 Å². The second-order valence-electron chi connectivity index (χ2n) is 4.14. The summed E-state index contributed by atoms with van der Waals surface area (Å²) in [7, 11) is 0. The summed E-state index contributed by atoms with van der Waals surface area (Å²) >= 11 is 3.31. The number of anilines is 1. The summed E-state index contributed by atoms with van der Waals surface area (Å²) < 4.78 is 0.833.